The Morgan fingerprint density at radius 1 is 1.20 bits per heavy atom. The van der Waals surface area contributed by atoms with E-state index in [9.17, 15) is 4.79 Å². The molecule has 0 aliphatic rings. The van der Waals surface area contributed by atoms with Crippen molar-refractivity contribution in [3.05, 3.63) is 0 Å². The molecule has 0 amide bonds. The molecule has 0 radical (unpaired) electrons. The summed E-state index contributed by atoms with van der Waals surface area (Å²) in [6.07, 6.45) is 0. The Morgan fingerprint density at radius 3 is 1.50 bits per heavy atom. The molecule has 0 heterocycles. The van der Waals surface area contributed by atoms with E-state index in [-0.39, 0.29) is 20.6 Å². The predicted octanol–water partition coefficient (Wildman–Crippen LogP) is 1.55. The second-order valence-corrected chi connectivity index (χ2v) is 3.15. The van der Waals surface area contributed by atoms with Gasteiger partial charge >= 0.3 is 0 Å². The van der Waals surface area contributed by atoms with Crippen molar-refractivity contribution in [2.45, 2.75) is 21.8 Å². The summed E-state index contributed by atoms with van der Waals surface area (Å²) in [5.41, 5.74) is 0. The van der Waals surface area contributed by atoms with Gasteiger partial charge in [0.2, 0.25) is 0 Å². The molecule has 0 aromatic heterocycles. The lowest BCUT2D eigenvalue weighted by molar-refractivity contribution is -0.862. The highest BCUT2D eigenvalue weighted by atomic mass is 16.1. The Bertz CT molecular complexity index is 91.9. The fourth-order valence-electron chi connectivity index (χ4n) is 0.668. The fraction of sp³-hybridized carbons (Fsp3) is 0.875. The summed E-state index contributed by atoms with van der Waals surface area (Å²) >= 11 is 0. The molecule has 0 bridgehead atoms. The number of carbonyl (C=O) groups excluding carboxylic acids is 1. The van der Waals surface area contributed by atoms with Crippen molar-refractivity contribution >= 4 is 5.78 Å². The molecule has 0 saturated heterocycles. The third-order valence-electron chi connectivity index (χ3n) is 0.697. The molecule has 0 aliphatic heterocycles. The molecule has 2 heteroatoms. The number of nitrogens with zero attached hydrogens (tertiary/aromatic N) is 1. The van der Waals surface area contributed by atoms with E-state index in [4.69, 9.17) is 0 Å². The second kappa shape index (κ2) is 5.42. The first kappa shape index (κ1) is 16.3. The summed E-state index contributed by atoms with van der Waals surface area (Å²) in [5, 5.41) is 0. The Labute approximate surface area is 65.4 Å². The maximum absolute atomic E-state index is 10.4. The quantitative estimate of drug-likeness (QED) is 0.543. The van der Waals surface area contributed by atoms with Gasteiger partial charge in [-0.25, -0.2) is 0 Å². The maximum Gasteiger partial charge on any atom is 0.183 e. The van der Waals surface area contributed by atoms with Crippen LogP contribution in [0.3, 0.4) is 0 Å². The molecular formula is C8H22NO+. The van der Waals surface area contributed by atoms with Crippen molar-refractivity contribution in [1.29, 1.82) is 0 Å². The molecule has 0 aromatic rings. The van der Waals surface area contributed by atoms with Gasteiger partial charge in [0.1, 0.15) is 6.54 Å². The van der Waals surface area contributed by atoms with Crippen molar-refractivity contribution in [1.82, 2.24) is 0 Å². The Balaban J connectivity index is -0.000000245. The van der Waals surface area contributed by atoms with E-state index in [0.29, 0.717) is 6.54 Å². The lowest BCUT2D eigenvalue weighted by Crippen LogP contribution is -2.38. The zero-order chi connectivity index (χ0) is 6.78. The minimum absolute atomic E-state index is 0. The molecule has 0 aromatic carbocycles. The first-order valence-corrected chi connectivity index (χ1v) is 2.72. The van der Waals surface area contributed by atoms with Crippen molar-refractivity contribution in [2.75, 3.05) is 27.7 Å². The third-order valence-corrected chi connectivity index (χ3v) is 0.697. The van der Waals surface area contributed by atoms with E-state index in [0.717, 1.165) is 4.48 Å². The van der Waals surface area contributed by atoms with Crippen molar-refractivity contribution in [2.24, 2.45) is 0 Å². The van der Waals surface area contributed by atoms with Crippen LogP contribution in [0.25, 0.3) is 0 Å². The molecular weight excluding hydrogens is 126 g/mol. The lowest BCUT2D eigenvalue weighted by atomic mass is 10.4. The van der Waals surface area contributed by atoms with Gasteiger partial charge in [0.25, 0.3) is 0 Å². The zero-order valence-electron chi connectivity index (χ0n) is 6.06. The van der Waals surface area contributed by atoms with Crippen LogP contribution in [0, 0.1) is 0 Å². The minimum Gasteiger partial charge on any atom is -0.325 e. The standard InChI is InChI=1S/C6H14NO.2CH4/c1-6(8)5-7(2,3)4;;/h5H2,1-4H3;2*1H4/q+1;;. The number of rotatable bonds is 2. The van der Waals surface area contributed by atoms with Crippen LogP contribution in [0.15, 0.2) is 0 Å². The summed E-state index contributed by atoms with van der Waals surface area (Å²) < 4.78 is 0.731. The average Bonchev–Trinajstić information content (AvgIpc) is 1.21. The van der Waals surface area contributed by atoms with Gasteiger partial charge in [-0.1, -0.05) is 14.9 Å². The van der Waals surface area contributed by atoms with E-state index in [1.54, 1.807) is 6.92 Å². The van der Waals surface area contributed by atoms with Crippen LogP contribution < -0.4 is 0 Å². The van der Waals surface area contributed by atoms with E-state index < -0.39 is 0 Å². The first-order valence-electron chi connectivity index (χ1n) is 2.72. The monoisotopic (exact) mass is 148 g/mol. The van der Waals surface area contributed by atoms with Gasteiger partial charge in [-0.15, -0.1) is 0 Å². The maximum atomic E-state index is 10.4. The molecule has 0 spiro atoms. The van der Waals surface area contributed by atoms with Crippen molar-refractivity contribution < 1.29 is 9.28 Å². The molecule has 2 nitrogen and oxygen atoms in total. The van der Waals surface area contributed by atoms with E-state index in [2.05, 4.69) is 0 Å². The van der Waals surface area contributed by atoms with Crippen LogP contribution in [0.1, 0.15) is 21.8 Å². The molecule has 0 fully saturated rings. The summed E-state index contributed by atoms with van der Waals surface area (Å²) in [4.78, 5) is 10.4. The fourth-order valence-corrected chi connectivity index (χ4v) is 0.668. The molecule has 0 atom stereocenters. The highest BCUT2D eigenvalue weighted by Crippen LogP contribution is 1.87. The van der Waals surface area contributed by atoms with Crippen LogP contribution in [0.5, 0.6) is 0 Å². The van der Waals surface area contributed by atoms with E-state index >= 15 is 0 Å². The Kier molecular flexibility index (Phi) is 8.84. The van der Waals surface area contributed by atoms with Gasteiger partial charge in [-0.2, -0.15) is 0 Å². The molecule has 0 rings (SSSR count). The van der Waals surface area contributed by atoms with Crippen LogP contribution in [-0.2, 0) is 4.79 Å². The van der Waals surface area contributed by atoms with Gasteiger partial charge in [0.05, 0.1) is 21.1 Å². The van der Waals surface area contributed by atoms with Gasteiger partial charge in [-0.05, 0) is 0 Å². The SMILES string of the molecule is C.C.CC(=O)C[N+](C)(C)C. The number of quaternary nitrogens is 1. The molecule has 0 N–H and O–H groups in total. The number of likely N-dealkylation sites (N-methyl/N-ethyl adjacent to an activating group) is 1. The summed E-state index contributed by atoms with van der Waals surface area (Å²) in [6.45, 7) is 2.24. The molecule has 0 unspecified atom stereocenters. The third kappa shape index (κ3) is 15.6. The van der Waals surface area contributed by atoms with Crippen molar-refractivity contribution in [3.8, 4) is 0 Å². The summed E-state index contributed by atoms with van der Waals surface area (Å²) in [6, 6.07) is 0. The highest BCUT2D eigenvalue weighted by molar-refractivity contribution is 5.76. The lowest BCUT2D eigenvalue weighted by Gasteiger charge is -2.21. The smallest absolute Gasteiger partial charge is 0.183 e. The largest absolute Gasteiger partial charge is 0.325 e. The summed E-state index contributed by atoms with van der Waals surface area (Å²) in [5.74, 6) is 0.248. The Hall–Kier alpha value is -0.370. The zero-order valence-corrected chi connectivity index (χ0v) is 6.06. The Morgan fingerprint density at radius 2 is 1.50 bits per heavy atom. The topological polar surface area (TPSA) is 17.1 Å². The van der Waals surface area contributed by atoms with Crippen LogP contribution in [-0.4, -0.2) is 38.0 Å². The van der Waals surface area contributed by atoms with Crippen LogP contribution in [0.4, 0.5) is 0 Å². The van der Waals surface area contributed by atoms with Crippen LogP contribution >= 0.6 is 0 Å². The summed E-state index contributed by atoms with van der Waals surface area (Å²) in [7, 11) is 6.00. The van der Waals surface area contributed by atoms with Gasteiger partial charge in [0, 0.05) is 6.92 Å². The minimum atomic E-state index is 0. The number of Topliss-reactive ketones (excluding diaryl/α,β-unsaturated/α-hetero) is 1. The second-order valence-electron chi connectivity index (χ2n) is 3.15. The molecule has 10 heavy (non-hydrogen) atoms. The van der Waals surface area contributed by atoms with Gasteiger partial charge < -0.3 is 4.48 Å². The van der Waals surface area contributed by atoms with Gasteiger partial charge in [0.15, 0.2) is 5.78 Å². The molecule has 64 valence electrons. The average molecular weight is 148 g/mol. The predicted molar refractivity (Wildman–Crippen MR) is 47.0 cm³/mol. The normalized spacial score (nSPS) is 9.20. The number of ketones is 1. The van der Waals surface area contributed by atoms with Crippen LogP contribution in [0.2, 0.25) is 0 Å². The number of carbonyl (C=O) groups is 1. The van der Waals surface area contributed by atoms with E-state index in [1.807, 2.05) is 21.1 Å². The van der Waals surface area contributed by atoms with Crippen molar-refractivity contribution in [3.63, 3.8) is 0 Å². The molecule has 0 saturated carbocycles. The van der Waals surface area contributed by atoms with E-state index in [1.165, 1.54) is 0 Å². The number of hydrogen-bond acceptors (Lipinski definition) is 1. The number of hydrogen-bond donors (Lipinski definition) is 0. The highest BCUT2D eigenvalue weighted by Gasteiger charge is 2.08. The molecule has 0 aliphatic carbocycles. The van der Waals surface area contributed by atoms with Gasteiger partial charge in [-0.3, -0.25) is 4.79 Å². The first-order chi connectivity index (χ1) is 3.42.